The predicted octanol–water partition coefficient (Wildman–Crippen LogP) is 4.28. The maximum Gasteiger partial charge on any atom is 0.244 e. The minimum Gasteiger partial charge on any atom is -0.460 e. The van der Waals surface area contributed by atoms with E-state index in [0.29, 0.717) is 23.7 Å². The van der Waals surface area contributed by atoms with Gasteiger partial charge in [0.15, 0.2) is 11.5 Å². The molecule has 0 spiro atoms. The lowest BCUT2D eigenvalue weighted by molar-refractivity contribution is -0.136. The van der Waals surface area contributed by atoms with Crippen LogP contribution in [0.5, 0.6) is 11.5 Å². The Bertz CT molecular complexity index is 1050. The molecule has 1 saturated heterocycles. The second kappa shape index (κ2) is 6.97. The van der Waals surface area contributed by atoms with E-state index in [1.165, 1.54) is 0 Å². The van der Waals surface area contributed by atoms with Crippen molar-refractivity contribution in [2.24, 2.45) is 0 Å². The van der Waals surface area contributed by atoms with Crippen LogP contribution in [-0.4, -0.2) is 29.7 Å². The summed E-state index contributed by atoms with van der Waals surface area (Å²) in [5, 5.41) is 3.01. The predicted molar refractivity (Wildman–Crippen MR) is 109 cm³/mol. The fourth-order valence-electron chi connectivity index (χ4n) is 3.76. The van der Waals surface area contributed by atoms with Crippen molar-refractivity contribution in [3.63, 3.8) is 0 Å². The molecule has 1 atom stereocenters. The third-order valence-electron chi connectivity index (χ3n) is 5.75. The highest BCUT2D eigenvalue weighted by Gasteiger charge is 2.47. The minimum atomic E-state index is -0.573. The lowest BCUT2D eigenvalue weighted by Crippen LogP contribution is -2.63. The van der Waals surface area contributed by atoms with Crippen molar-refractivity contribution in [2.45, 2.75) is 25.4 Å². The van der Waals surface area contributed by atoms with Gasteiger partial charge in [-0.3, -0.25) is 9.69 Å². The van der Waals surface area contributed by atoms with Gasteiger partial charge in [0, 0.05) is 23.9 Å². The van der Waals surface area contributed by atoms with E-state index in [2.05, 4.69) is 10.2 Å². The number of amides is 1. The van der Waals surface area contributed by atoms with Crippen molar-refractivity contribution in [2.75, 3.05) is 18.7 Å². The van der Waals surface area contributed by atoms with Crippen molar-refractivity contribution in [3.8, 4) is 22.8 Å². The van der Waals surface area contributed by atoms with Gasteiger partial charge in [-0.05, 0) is 37.6 Å². The highest BCUT2D eigenvalue weighted by atomic mass is 16.7. The fourth-order valence-corrected chi connectivity index (χ4v) is 3.76. The third kappa shape index (κ3) is 3.25. The molecule has 0 bridgehead atoms. The maximum absolute atomic E-state index is 13.0. The minimum absolute atomic E-state index is 0.0301. The Morgan fingerprint density at radius 1 is 1.07 bits per heavy atom. The van der Waals surface area contributed by atoms with Gasteiger partial charge in [0.1, 0.15) is 11.5 Å². The Labute approximate surface area is 169 Å². The maximum atomic E-state index is 13.0. The highest BCUT2D eigenvalue weighted by molar-refractivity contribution is 5.98. The van der Waals surface area contributed by atoms with Gasteiger partial charge in [0.05, 0.1) is 12.1 Å². The monoisotopic (exact) mass is 390 g/mol. The number of hydrogen-bond donors (Lipinski definition) is 1. The number of fused-ring (bicyclic) bond motifs is 1. The first-order valence-electron chi connectivity index (χ1n) is 9.72. The zero-order valence-corrected chi connectivity index (χ0v) is 16.2. The van der Waals surface area contributed by atoms with Gasteiger partial charge in [0.25, 0.3) is 0 Å². The molecule has 6 heteroatoms. The molecule has 3 heterocycles. The fraction of sp³-hybridized carbons (Fsp3) is 0.261. The van der Waals surface area contributed by atoms with E-state index in [4.69, 9.17) is 13.9 Å². The van der Waals surface area contributed by atoms with Crippen molar-refractivity contribution >= 4 is 11.6 Å². The molecule has 2 aromatic carbocycles. The van der Waals surface area contributed by atoms with Crippen LogP contribution in [0.25, 0.3) is 11.3 Å². The molecule has 2 aliphatic rings. The molecule has 2 aliphatic heterocycles. The van der Waals surface area contributed by atoms with Crippen molar-refractivity contribution in [3.05, 3.63) is 66.4 Å². The zero-order chi connectivity index (χ0) is 19.8. The van der Waals surface area contributed by atoms with Crippen LogP contribution < -0.4 is 14.8 Å². The molecule has 0 aliphatic carbocycles. The van der Waals surface area contributed by atoms with Gasteiger partial charge in [-0.25, -0.2) is 0 Å². The molecular weight excluding hydrogens is 368 g/mol. The largest absolute Gasteiger partial charge is 0.460 e. The molecule has 148 valence electrons. The average molecular weight is 390 g/mol. The van der Waals surface area contributed by atoms with Crippen molar-refractivity contribution in [1.29, 1.82) is 0 Å². The lowest BCUT2D eigenvalue weighted by Gasteiger charge is -2.48. The number of anilines is 1. The van der Waals surface area contributed by atoms with Crippen LogP contribution in [0.3, 0.4) is 0 Å². The summed E-state index contributed by atoms with van der Waals surface area (Å²) in [6.07, 6.45) is 0.801. The van der Waals surface area contributed by atoms with Crippen LogP contribution in [0.15, 0.2) is 65.1 Å². The summed E-state index contributed by atoms with van der Waals surface area (Å²) in [4.78, 5) is 15.1. The molecule has 1 N–H and O–H groups in total. The SMILES string of the molecule is CC1(C(=O)Nc2ccc3c(c2)OCO3)CCN1Cc1ccc(-c2ccccc2)o1. The average Bonchev–Trinajstić information content (AvgIpc) is 3.40. The van der Waals surface area contributed by atoms with Crippen LogP contribution in [0.4, 0.5) is 5.69 Å². The summed E-state index contributed by atoms with van der Waals surface area (Å²) in [6.45, 7) is 3.64. The summed E-state index contributed by atoms with van der Waals surface area (Å²) >= 11 is 0. The number of nitrogens with zero attached hydrogens (tertiary/aromatic N) is 1. The van der Waals surface area contributed by atoms with E-state index in [-0.39, 0.29) is 12.7 Å². The van der Waals surface area contributed by atoms with Gasteiger partial charge in [-0.2, -0.15) is 0 Å². The first-order valence-corrected chi connectivity index (χ1v) is 9.72. The number of rotatable bonds is 5. The topological polar surface area (TPSA) is 63.9 Å². The molecule has 29 heavy (non-hydrogen) atoms. The summed E-state index contributed by atoms with van der Waals surface area (Å²) in [7, 11) is 0. The number of carbonyl (C=O) groups excluding carboxylic acids is 1. The second-order valence-corrected chi connectivity index (χ2v) is 7.60. The molecule has 1 aromatic heterocycles. The molecule has 0 radical (unpaired) electrons. The van der Waals surface area contributed by atoms with E-state index < -0.39 is 5.54 Å². The Hall–Kier alpha value is -3.25. The van der Waals surface area contributed by atoms with Gasteiger partial charge in [0.2, 0.25) is 12.7 Å². The normalized spacial score (nSPS) is 20.3. The van der Waals surface area contributed by atoms with E-state index in [1.54, 1.807) is 6.07 Å². The molecule has 6 nitrogen and oxygen atoms in total. The second-order valence-electron chi connectivity index (χ2n) is 7.60. The van der Waals surface area contributed by atoms with Gasteiger partial charge >= 0.3 is 0 Å². The zero-order valence-electron chi connectivity index (χ0n) is 16.2. The Kier molecular flexibility index (Phi) is 4.28. The van der Waals surface area contributed by atoms with E-state index >= 15 is 0 Å². The van der Waals surface area contributed by atoms with Crippen LogP contribution in [0, 0.1) is 0 Å². The quantitative estimate of drug-likeness (QED) is 0.705. The number of nitrogens with one attached hydrogen (secondary N) is 1. The lowest BCUT2D eigenvalue weighted by atomic mass is 9.85. The van der Waals surface area contributed by atoms with Crippen LogP contribution >= 0.6 is 0 Å². The molecule has 0 saturated carbocycles. The summed E-state index contributed by atoms with van der Waals surface area (Å²) in [5.41, 5.74) is 1.18. The van der Waals surface area contributed by atoms with Crippen molar-refractivity contribution in [1.82, 2.24) is 4.90 Å². The number of benzene rings is 2. The number of ether oxygens (including phenoxy) is 2. The smallest absolute Gasteiger partial charge is 0.244 e. The van der Waals surface area contributed by atoms with E-state index in [1.807, 2.05) is 61.5 Å². The van der Waals surface area contributed by atoms with E-state index in [9.17, 15) is 4.79 Å². The van der Waals surface area contributed by atoms with Gasteiger partial charge in [-0.1, -0.05) is 30.3 Å². The molecule has 1 unspecified atom stereocenters. The molecule has 1 amide bonds. The van der Waals surface area contributed by atoms with Gasteiger partial charge < -0.3 is 19.2 Å². The first-order chi connectivity index (χ1) is 14.1. The van der Waals surface area contributed by atoms with Crippen LogP contribution in [-0.2, 0) is 11.3 Å². The van der Waals surface area contributed by atoms with Crippen LogP contribution in [0.2, 0.25) is 0 Å². The summed E-state index contributed by atoms with van der Waals surface area (Å²) < 4.78 is 16.7. The third-order valence-corrected chi connectivity index (χ3v) is 5.75. The Balaban J connectivity index is 1.26. The summed E-state index contributed by atoms with van der Waals surface area (Å²) in [6, 6.07) is 19.4. The van der Waals surface area contributed by atoms with Crippen molar-refractivity contribution < 1.29 is 18.7 Å². The standard InChI is InChI=1S/C23H22N2O4/c1-23(22(26)24-17-7-9-20-21(13-17)28-15-27-20)11-12-25(23)14-18-8-10-19(29-18)16-5-3-2-4-6-16/h2-10,13H,11-12,14-15H2,1H3,(H,24,26). The first kappa shape index (κ1) is 17.8. The Morgan fingerprint density at radius 3 is 2.69 bits per heavy atom. The van der Waals surface area contributed by atoms with Gasteiger partial charge in [-0.15, -0.1) is 0 Å². The molecule has 1 fully saturated rings. The number of carbonyl (C=O) groups is 1. The number of furan rings is 1. The molecule has 3 aromatic rings. The highest BCUT2D eigenvalue weighted by Crippen LogP contribution is 2.37. The van der Waals surface area contributed by atoms with Crippen LogP contribution in [0.1, 0.15) is 19.1 Å². The molecule has 5 rings (SSSR count). The Morgan fingerprint density at radius 2 is 1.90 bits per heavy atom. The van der Waals surface area contributed by atoms with E-state index in [0.717, 1.165) is 30.0 Å². The molecular formula is C23H22N2O4. The number of hydrogen-bond acceptors (Lipinski definition) is 5. The number of likely N-dealkylation sites (tertiary alicyclic amines) is 1. The summed E-state index contributed by atoms with van der Waals surface area (Å²) in [5.74, 6) is 3.02.